The van der Waals surface area contributed by atoms with E-state index < -0.39 is 0 Å². The maximum absolute atomic E-state index is 5.73. The molecule has 21 heavy (non-hydrogen) atoms. The van der Waals surface area contributed by atoms with Crippen LogP contribution in [0, 0.1) is 6.92 Å². The topological polar surface area (TPSA) is 21.3 Å². The van der Waals surface area contributed by atoms with E-state index in [2.05, 4.69) is 48.6 Å². The molecule has 110 valence electrons. The number of rotatable bonds is 7. The van der Waals surface area contributed by atoms with Crippen LogP contribution in [-0.2, 0) is 6.54 Å². The Labute approximate surface area is 127 Å². The summed E-state index contributed by atoms with van der Waals surface area (Å²) in [7, 11) is 0. The smallest absolute Gasteiger partial charge is 0.119 e. The molecule has 0 aliphatic heterocycles. The Morgan fingerprint density at radius 2 is 1.95 bits per heavy atom. The normalized spacial score (nSPS) is 14.1. The second-order valence-corrected chi connectivity index (χ2v) is 5.86. The molecule has 0 aromatic heterocycles. The van der Waals surface area contributed by atoms with Crippen molar-refractivity contribution >= 4 is 0 Å². The van der Waals surface area contributed by atoms with Gasteiger partial charge in [0.2, 0.25) is 0 Å². The molecule has 2 nitrogen and oxygen atoms in total. The van der Waals surface area contributed by atoms with Crippen LogP contribution in [0.2, 0.25) is 0 Å². The fraction of sp³-hybridized carbons (Fsp3) is 0.368. The highest BCUT2D eigenvalue weighted by molar-refractivity contribution is 5.29. The number of hydrogen-bond donors (Lipinski definition) is 1. The molecule has 0 radical (unpaired) electrons. The lowest BCUT2D eigenvalue weighted by molar-refractivity contribution is 0.313. The third-order valence-corrected chi connectivity index (χ3v) is 3.87. The van der Waals surface area contributed by atoms with E-state index in [1.807, 2.05) is 12.1 Å². The minimum atomic E-state index is 0.700. The van der Waals surface area contributed by atoms with E-state index in [4.69, 9.17) is 4.74 Å². The van der Waals surface area contributed by atoms with Gasteiger partial charge >= 0.3 is 0 Å². The van der Waals surface area contributed by atoms with Gasteiger partial charge in [0.1, 0.15) is 12.4 Å². The van der Waals surface area contributed by atoms with Crippen LogP contribution in [0.15, 0.2) is 48.5 Å². The summed E-state index contributed by atoms with van der Waals surface area (Å²) in [5.41, 5.74) is 4.11. The highest BCUT2D eigenvalue weighted by Crippen LogP contribution is 2.40. The Hall–Kier alpha value is -1.80. The first-order chi connectivity index (χ1) is 10.3. The van der Waals surface area contributed by atoms with Crippen molar-refractivity contribution in [3.63, 3.8) is 0 Å². The van der Waals surface area contributed by atoms with Crippen LogP contribution in [-0.4, -0.2) is 13.2 Å². The quantitative estimate of drug-likeness (QED) is 0.773. The molecular weight excluding hydrogens is 258 g/mol. The zero-order valence-corrected chi connectivity index (χ0v) is 12.6. The van der Waals surface area contributed by atoms with Crippen molar-refractivity contribution < 1.29 is 4.74 Å². The van der Waals surface area contributed by atoms with Gasteiger partial charge in [-0.05, 0) is 54.5 Å². The summed E-state index contributed by atoms with van der Waals surface area (Å²) in [6, 6.07) is 17.1. The van der Waals surface area contributed by atoms with Gasteiger partial charge in [-0.1, -0.05) is 36.4 Å². The monoisotopic (exact) mass is 281 g/mol. The molecule has 0 atom stereocenters. The maximum Gasteiger partial charge on any atom is 0.119 e. The van der Waals surface area contributed by atoms with Crippen LogP contribution in [0.1, 0.15) is 35.4 Å². The summed E-state index contributed by atoms with van der Waals surface area (Å²) in [6.07, 6.45) is 2.72. The Morgan fingerprint density at radius 1 is 1.10 bits per heavy atom. The van der Waals surface area contributed by atoms with Gasteiger partial charge in [0.25, 0.3) is 0 Å². The molecule has 2 aromatic carbocycles. The first kappa shape index (κ1) is 14.2. The van der Waals surface area contributed by atoms with Crippen LogP contribution in [0.4, 0.5) is 0 Å². The zero-order chi connectivity index (χ0) is 14.5. The first-order valence-electron chi connectivity index (χ1n) is 7.80. The SMILES string of the molecule is Cc1cccc(OCCNCc2cccc(C3CC3)c2)c1. The Balaban J connectivity index is 1.39. The number of ether oxygens (including phenoxy) is 1. The molecule has 3 rings (SSSR count). The van der Waals surface area contributed by atoms with Crippen LogP contribution >= 0.6 is 0 Å². The lowest BCUT2D eigenvalue weighted by atomic mass is 10.1. The van der Waals surface area contributed by atoms with Gasteiger partial charge in [-0.15, -0.1) is 0 Å². The van der Waals surface area contributed by atoms with Crippen molar-refractivity contribution in [3.8, 4) is 5.75 Å². The van der Waals surface area contributed by atoms with Crippen LogP contribution in [0.3, 0.4) is 0 Å². The second-order valence-electron chi connectivity index (χ2n) is 5.86. The molecule has 0 heterocycles. The summed E-state index contributed by atoms with van der Waals surface area (Å²) >= 11 is 0. The molecule has 0 bridgehead atoms. The second kappa shape index (κ2) is 6.77. The summed E-state index contributed by atoms with van der Waals surface area (Å²) in [5, 5.41) is 3.45. The van der Waals surface area contributed by atoms with Crippen LogP contribution in [0.5, 0.6) is 5.75 Å². The fourth-order valence-electron chi connectivity index (χ4n) is 2.55. The summed E-state index contributed by atoms with van der Waals surface area (Å²) in [5.74, 6) is 1.78. The lowest BCUT2D eigenvalue weighted by Crippen LogP contribution is -2.20. The molecule has 1 saturated carbocycles. The van der Waals surface area contributed by atoms with Crippen molar-refractivity contribution in [1.29, 1.82) is 0 Å². The van der Waals surface area contributed by atoms with Gasteiger partial charge in [0, 0.05) is 13.1 Å². The average molecular weight is 281 g/mol. The minimum Gasteiger partial charge on any atom is -0.492 e. The Kier molecular flexibility index (Phi) is 4.56. The number of benzene rings is 2. The molecule has 2 aromatic rings. The molecule has 1 fully saturated rings. The standard InChI is InChI=1S/C19H23NO/c1-15-4-2-7-19(12-15)21-11-10-20-14-16-5-3-6-18(13-16)17-8-9-17/h2-7,12-13,17,20H,8-11,14H2,1H3. The number of aryl methyl sites for hydroxylation is 1. The van der Waals surface area contributed by atoms with Gasteiger partial charge in [0.05, 0.1) is 0 Å². The zero-order valence-electron chi connectivity index (χ0n) is 12.6. The third kappa shape index (κ3) is 4.33. The molecule has 0 amide bonds. The van der Waals surface area contributed by atoms with Crippen LogP contribution in [0.25, 0.3) is 0 Å². The molecule has 0 unspecified atom stereocenters. The van der Waals surface area contributed by atoms with E-state index in [0.717, 1.165) is 24.8 Å². The maximum atomic E-state index is 5.73. The van der Waals surface area contributed by atoms with Crippen molar-refractivity contribution in [2.45, 2.75) is 32.2 Å². The largest absolute Gasteiger partial charge is 0.492 e. The molecule has 2 heteroatoms. The van der Waals surface area contributed by atoms with Crippen molar-refractivity contribution in [2.75, 3.05) is 13.2 Å². The average Bonchev–Trinajstić information content (AvgIpc) is 3.32. The minimum absolute atomic E-state index is 0.700. The highest BCUT2D eigenvalue weighted by Gasteiger charge is 2.23. The van der Waals surface area contributed by atoms with E-state index in [1.54, 1.807) is 0 Å². The first-order valence-corrected chi connectivity index (χ1v) is 7.80. The van der Waals surface area contributed by atoms with Crippen molar-refractivity contribution in [3.05, 3.63) is 65.2 Å². The molecular formula is C19H23NO. The van der Waals surface area contributed by atoms with Gasteiger partial charge < -0.3 is 10.1 Å². The van der Waals surface area contributed by atoms with Gasteiger partial charge in [-0.3, -0.25) is 0 Å². The predicted molar refractivity (Wildman–Crippen MR) is 86.8 cm³/mol. The van der Waals surface area contributed by atoms with Crippen molar-refractivity contribution in [2.24, 2.45) is 0 Å². The molecule has 1 N–H and O–H groups in total. The van der Waals surface area contributed by atoms with Gasteiger partial charge in [-0.2, -0.15) is 0 Å². The van der Waals surface area contributed by atoms with E-state index in [9.17, 15) is 0 Å². The summed E-state index contributed by atoms with van der Waals surface area (Å²) in [6.45, 7) is 4.56. The Morgan fingerprint density at radius 3 is 2.76 bits per heavy atom. The predicted octanol–water partition coefficient (Wildman–Crippen LogP) is 4.04. The molecule has 0 spiro atoms. The van der Waals surface area contributed by atoms with E-state index >= 15 is 0 Å². The van der Waals surface area contributed by atoms with Gasteiger partial charge in [-0.25, -0.2) is 0 Å². The van der Waals surface area contributed by atoms with E-state index in [1.165, 1.54) is 29.5 Å². The Bertz CT molecular complexity index is 590. The van der Waals surface area contributed by atoms with E-state index in [0.29, 0.717) is 6.61 Å². The van der Waals surface area contributed by atoms with E-state index in [-0.39, 0.29) is 0 Å². The molecule has 0 saturated heterocycles. The molecule has 1 aliphatic rings. The third-order valence-electron chi connectivity index (χ3n) is 3.87. The van der Waals surface area contributed by atoms with Crippen molar-refractivity contribution in [1.82, 2.24) is 5.32 Å². The lowest BCUT2D eigenvalue weighted by Gasteiger charge is -2.09. The number of nitrogens with one attached hydrogen (secondary N) is 1. The fourth-order valence-corrected chi connectivity index (χ4v) is 2.55. The summed E-state index contributed by atoms with van der Waals surface area (Å²) < 4.78 is 5.73. The highest BCUT2D eigenvalue weighted by atomic mass is 16.5. The van der Waals surface area contributed by atoms with Gasteiger partial charge in [0.15, 0.2) is 0 Å². The van der Waals surface area contributed by atoms with Crippen LogP contribution < -0.4 is 10.1 Å². The molecule has 1 aliphatic carbocycles. The summed E-state index contributed by atoms with van der Waals surface area (Å²) in [4.78, 5) is 0. The number of hydrogen-bond acceptors (Lipinski definition) is 2.